The van der Waals surface area contributed by atoms with Crippen LogP contribution in [0.5, 0.6) is 0 Å². The van der Waals surface area contributed by atoms with Gasteiger partial charge in [0.2, 0.25) is 0 Å². The van der Waals surface area contributed by atoms with Crippen molar-refractivity contribution < 1.29 is 0 Å². The van der Waals surface area contributed by atoms with Crippen molar-refractivity contribution >= 4 is 28.6 Å². The van der Waals surface area contributed by atoms with Crippen molar-refractivity contribution in [1.82, 2.24) is 4.98 Å². The summed E-state index contributed by atoms with van der Waals surface area (Å²) >= 11 is 0. The normalized spacial score (nSPS) is 11.2. The van der Waals surface area contributed by atoms with Crippen LogP contribution >= 0.6 is 0 Å². The van der Waals surface area contributed by atoms with Crippen molar-refractivity contribution in [3.63, 3.8) is 0 Å². The fraction of sp³-hybridized carbons (Fsp3) is 0. The van der Waals surface area contributed by atoms with Crippen molar-refractivity contribution in [2.45, 2.75) is 0 Å². The van der Waals surface area contributed by atoms with E-state index >= 15 is 0 Å². The predicted octanol–water partition coefficient (Wildman–Crippen LogP) is 3.99. The molecule has 19 heavy (non-hydrogen) atoms. The zero-order chi connectivity index (χ0) is 13.1. The van der Waals surface area contributed by atoms with Crippen LogP contribution in [0.1, 0.15) is 11.3 Å². The van der Waals surface area contributed by atoms with Crippen molar-refractivity contribution in [2.75, 3.05) is 5.73 Å². The third-order valence-corrected chi connectivity index (χ3v) is 3.07. The minimum Gasteiger partial charge on any atom is -0.399 e. The molecule has 0 radical (unpaired) electrons. The van der Waals surface area contributed by atoms with Crippen LogP contribution < -0.4 is 5.73 Å². The molecule has 0 unspecified atom stereocenters. The Balaban J connectivity index is 1.99. The van der Waals surface area contributed by atoms with E-state index in [-0.39, 0.29) is 0 Å². The summed E-state index contributed by atoms with van der Waals surface area (Å²) in [6.07, 6.45) is 5.92. The Morgan fingerprint density at radius 1 is 0.842 bits per heavy atom. The van der Waals surface area contributed by atoms with Gasteiger partial charge >= 0.3 is 0 Å². The number of aromatic nitrogens is 1. The number of rotatable bonds is 2. The van der Waals surface area contributed by atoms with Gasteiger partial charge in [-0.3, -0.25) is 4.98 Å². The van der Waals surface area contributed by atoms with Gasteiger partial charge in [-0.15, -0.1) is 0 Å². The van der Waals surface area contributed by atoms with Crippen molar-refractivity contribution in [2.24, 2.45) is 0 Å². The van der Waals surface area contributed by atoms with Gasteiger partial charge in [-0.1, -0.05) is 42.5 Å². The minimum atomic E-state index is 0.778. The SMILES string of the molecule is Nc1ccc(/C=C/c2nccc3ccccc23)cc1. The Kier molecular flexibility index (Phi) is 2.99. The molecule has 2 N–H and O–H groups in total. The molecule has 0 atom stereocenters. The van der Waals surface area contributed by atoms with E-state index in [9.17, 15) is 0 Å². The summed E-state index contributed by atoms with van der Waals surface area (Å²) in [5, 5.41) is 2.37. The van der Waals surface area contributed by atoms with Gasteiger partial charge in [0.05, 0.1) is 5.69 Å². The number of benzene rings is 2. The lowest BCUT2D eigenvalue weighted by molar-refractivity contribution is 1.33. The molecule has 2 heteroatoms. The molecule has 0 saturated carbocycles. The molecule has 0 aliphatic heterocycles. The molecule has 0 bridgehead atoms. The second-order valence-electron chi connectivity index (χ2n) is 4.42. The summed E-state index contributed by atoms with van der Waals surface area (Å²) in [5.41, 5.74) is 8.55. The predicted molar refractivity (Wildman–Crippen MR) is 81.5 cm³/mol. The maximum Gasteiger partial charge on any atom is 0.0708 e. The number of fused-ring (bicyclic) bond motifs is 1. The van der Waals surface area contributed by atoms with Crippen LogP contribution in [0.4, 0.5) is 5.69 Å². The third kappa shape index (κ3) is 2.47. The van der Waals surface area contributed by atoms with Gasteiger partial charge in [-0.05, 0) is 35.2 Å². The van der Waals surface area contributed by atoms with Gasteiger partial charge in [0, 0.05) is 17.3 Å². The molecule has 2 aromatic carbocycles. The molecular formula is C17H14N2. The molecule has 3 aromatic rings. The molecule has 0 saturated heterocycles. The molecule has 0 fully saturated rings. The van der Waals surface area contributed by atoms with Crippen molar-refractivity contribution in [1.29, 1.82) is 0 Å². The smallest absolute Gasteiger partial charge is 0.0708 e. The lowest BCUT2D eigenvalue weighted by atomic mass is 10.1. The highest BCUT2D eigenvalue weighted by atomic mass is 14.7. The molecule has 0 aliphatic rings. The van der Waals surface area contributed by atoms with E-state index in [2.05, 4.69) is 17.1 Å². The largest absolute Gasteiger partial charge is 0.399 e. The van der Waals surface area contributed by atoms with Crippen LogP contribution in [0.2, 0.25) is 0 Å². The fourth-order valence-electron chi connectivity index (χ4n) is 2.06. The number of pyridine rings is 1. The van der Waals surface area contributed by atoms with Crippen LogP contribution in [0.15, 0.2) is 60.8 Å². The monoisotopic (exact) mass is 246 g/mol. The third-order valence-electron chi connectivity index (χ3n) is 3.07. The summed E-state index contributed by atoms with van der Waals surface area (Å²) in [6.45, 7) is 0. The highest BCUT2D eigenvalue weighted by Crippen LogP contribution is 2.18. The summed E-state index contributed by atoms with van der Waals surface area (Å²) in [7, 11) is 0. The van der Waals surface area contributed by atoms with Crippen molar-refractivity contribution in [3.05, 3.63) is 72.1 Å². The summed E-state index contributed by atoms with van der Waals surface area (Å²) in [5.74, 6) is 0. The average Bonchev–Trinajstić information content (AvgIpc) is 2.47. The Hall–Kier alpha value is -2.61. The molecule has 0 aliphatic carbocycles. The van der Waals surface area contributed by atoms with Crippen LogP contribution in [-0.2, 0) is 0 Å². The molecule has 1 heterocycles. The second-order valence-corrected chi connectivity index (χ2v) is 4.42. The molecule has 1 aromatic heterocycles. The number of nitrogens with zero attached hydrogens (tertiary/aromatic N) is 1. The first kappa shape index (κ1) is 11.5. The van der Waals surface area contributed by atoms with Gasteiger partial charge in [-0.25, -0.2) is 0 Å². The lowest BCUT2D eigenvalue weighted by Gasteiger charge is -2.01. The van der Waals surface area contributed by atoms with E-state index in [4.69, 9.17) is 5.73 Å². The maximum absolute atomic E-state index is 5.67. The molecular weight excluding hydrogens is 232 g/mol. The maximum atomic E-state index is 5.67. The van der Waals surface area contributed by atoms with E-state index < -0.39 is 0 Å². The van der Waals surface area contributed by atoms with E-state index in [1.165, 1.54) is 5.39 Å². The quantitative estimate of drug-likeness (QED) is 0.694. The van der Waals surface area contributed by atoms with Gasteiger partial charge < -0.3 is 5.73 Å². The van der Waals surface area contributed by atoms with Crippen molar-refractivity contribution in [3.8, 4) is 0 Å². The minimum absolute atomic E-state index is 0.778. The Morgan fingerprint density at radius 3 is 2.47 bits per heavy atom. The Morgan fingerprint density at radius 2 is 1.63 bits per heavy atom. The number of nitrogens with two attached hydrogens (primary N) is 1. The van der Waals surface area contributed by atoms with Crippen LogP contribution in [0.3, 0.4) is 0 Å². The topological polar surface area (TPSA) is 38.9 Å². The first-order chi connectivity index (χ1) is 9.33. The van der Waals surface area contributed by atoms with Crippen LogP contribution in [0.25, 0.3) is 22.9 Å². The van der Waals surface area contributed by atoms with E-state index in [1.54, 1.807) is 0 Å². The average molecular weight is 246 g/mol. The highest BCUT2D eigenvalue weighted by molar-refractivity contribution is 5.91. The highest BCUT2D eigenvalue weighted by Gasteiger charge is 1.97. The molecule has 3 rings (SSSR count). The van der Waals surface area contributed by atoms with E-state index in [0.29, 0.717) is 0 Å². The van der Waals surface area contributed by atoms with Gasteiger partial charge in [-0.2, -0.15) is 0 Å². The number of nitrogen functional groups attached to an aromatic ring is 1. The van der Waals surface area contributed by atoms with E-state index in [1.807, 2.05) is 60.8 Å². The molecule has 2 nitrogen and oxygen atoms in total. The second kappa shape index (κ2) is 4.94. The Bertz CT molecular complexity index is 722. The summed E-state index contributed by atoms with van der Waals surface area (Å²) < 4.78 is 0. The van der Waals surface area contributed by atoms with Gasteiger partial charge in [0.1, 0.15) is 0 Å². The fourth-order valence-corrected chi connectivity index (χ4v) is 2.06. The first-order valence-corrected chi connectivity index (χ1v) is 6.20. The zero-order valence-corrected chi connectivity index (χ0v) is 10.5. The molecule has 0 spiro atoms. The van der Waals surface area contributed by atoms with Crippen LogP contribution in [0, 0.1) is 0 Å². The first-order valence-electron chi connectivity index (χ1n) is 6.20. The lowest BCUT2D eigenvalue weighted by Crippen LogP contribution is -1.84. The molecule has 0 amide bonds. The Labute approximate surface area is 112 Å². The van der Waals surface area contributed by atoms with Gasteiger partial charge in [0.15, 0.2) is 0 Å². The number of anilines is 1. The van der Waals surface area contributed by atoms with E-state index in [0.717, 1.165) is 22.3 Å². The summed E-state index contributed by atoms with van der Waals surface area (Å²) in [6, 6.07) is 18.1. The van der Waals surface area contributed by atoms with Gasteiger partial charge in [0.25, 0.3) is 0 Å². The van der Waals surface area contributed by atoms with Crippen LogP contribution in [-0.4, -0.2) is 4.98 Å². The molecule has 92 valence electrons. The summed E-state index contributed by atoms with van der Waals surface area (Å²) in [4.78, 5) is 4.43. The number of hydrogen-bond acceptors (Lipinski definition) is 2. The standard InChI is InChI=1S/C17H14N2/c18-15-8-5-13(6-9-15)7-10-17-16-4-2-1-3-14(16)11-12-19-17/h1-12H,18H2/b10-7+. The zero-order valence-electron chi connectivity index (χ0n) is 10.5. The number of hydrogen-bond donors (Lipinski definition) is 1.